The van der Waals surface area contributed by atoms with E-state index in [-0.39, 0.29) is 0 Å². The van der Waals surface area contributed by atoms with Crippen molar-refractivity contribution in [3.05, 3.63) is 0 Å². The lowest BCUT2D eigenvalue weighted by Gasteiger charge is -2.15. The second-order valence-electron chi connectivity index (χ2n) is 3.88. The molecule has 0 spiro atoms. The van der Waals surface area contributed by atoms with E-state index in [4.69, 9.17) is 0 Å². The molecule has 0 aromatic carbocycles. The molecule has 0 aromatic rings. The van der Waals surface area contributed by atoms with E-state index < -0.39 is 8.07 Å². The first-order valence-electron chi connectivity index (χ1n) is 3.22. The molecule has 1 saturated carbocycles. The average molecular weight is 272 g/mol. The van der Waals surface area contributed by atoms with Gasteiger partial charge in [0.25, 0.3) is 0 Å². The van der Waals surface area contributed by atoms with Crippen molar-refractivity contribution in [2.24, 2.45) is 0 Å². The van der Waals surface area contributed by atoms with Gasteiger partial charge in [0.1, 0.15) is 0 Å². The van der Waals surface area contributed by atoms with E-state index in [0.29, 0.717) is 3.23 Å². The molecule has 0 heterocycles. The first-order valence-corrected chi connectivity index (χ1v) is 8.38. The van der Waals surface area contributed by atoms with Gasteiger partial charge in [0.2, 0.25) is 0 Å². The summed E-state index contributed by atoms with van der Waals surface area (Å²) in [5, 5.41) is 0. The molecular weight excluding hydrogens is 260 g/mol. The van der Waals surface area contributed by atoms with Crippen molar-refractivity contribution in [3.63, 3.8) is 0 Å². The Morgan fingerprint density at radius 1 is 1.33 bits per heavy atom. The second kappa shape index (κ2) is 2.08. The summed E-state index contributed by atoms with van der Waals surface area (Å²) >= 11 is 7.28. The first-order chi connectivity index (χ1) is 3.84. The van der Waals surface area contributed by atoms with Gasteiger partial charge in [-0.2, -0.15) is 0 Å². The highest BCUT2D eigenvalue weighted by atomic mass is 79.9. The van der Waals surface area contributed by atoms with E-state index in [0.717, 1.165) is 5.54 Å². The first kappa shape index (κ1) is 8.28. The maximum Gasteiger partial charge on any atom is 0.0811 e. The average Bonchev–Trinajstić information content (AvgIpc) is 2.10. The van der Waals surface area contributed by atoms with Crippen LogP contribution in [0.25, 0.3) is 0 Å². The lowest BCUT2D eigenvalue weighted by Crippen LogP contribution is -2.22. The van der Waals surface area contributed by atoms with Crippen LogP contribution in [0.2, 0.25) is 25.2 Å². The van der Waals surface area contributed by atoms with Crippen LogP contribution in [-0.4, -0.2) is 11.3 Å². The molecule has 0 aromatic heterocycles. The number of alkyl halides is 2. The summed E-state index contributed by atoms with van der Waals surface area (Å²) < 4.78 is 0.338. The molecular formula is C6H12Br2Si. The number of halogens is 2. The molecule has 1 aliphatic rings. The Hall–Kier alpha value is 1.18. The van der Waals surface area contributed by atoms with Gasteiger partial charge in [-0.25, -0.2) is 0 Å². The number of hydrogen-bond donors (Lipinski definition) is 0. The van der Waals surface area contributed by atoms with Crippen LogP contribution in [0.15, 0.2) is 0 Å². The van der Waals surface area contributed by atoms with Gasteiger partial charge in [-0.15, -0.1) is 0 Å². The minimum absolute atomic E-state index is 0.338. The molecule has 0 amide bonds. The third-order valence-corrected chi connectivity index (χ3v) is 7.26. The molecule has 3 heteroatoms. The van der Waals surface area contributed by atoms with Gasteiger partial charge in [-0.3, -0.25) is 0 Å². The molecule has 0 nitrogen and oxygen atoms in total. The monoisotopic (exact) mass is 270 g/mol. The number of hydrogen-bond acceptors (Lipinski definition) is 0. The van der Waals surface area contributed by atoms with E-state index in [1.54, 1.807) is 0 Å². The van der Waals surface area contributed by atoms with Gasteiger partial charge < -0.3 is 0 Å². The van der Waals surface area contributed by atoms with Crippen LogP contribution >= 0.6 is 31.9 Å². The van der Waals surface area contributed by atoms with Crippen molar-refractivity contribution in [3.8, 4) is 0 Å². The highest BCUT2D eigenvalue weighted by Crippen LogP contribution is 2.65. The third-order valence-electron chi connectivity index (χ3n) is 1.87. The maximum absolute atomic E-state index is 3.64. The zero-order valence-electron chi connectivity index (χ0n) is 6.04. The Bertz CT molecular complexity index is 126. The van der Waals surface area contributed by atoms with Crippen LogP contribution < -0.4 is 0 Å². The predicted octanol–water partition coefficient (Wildman–Crippen LogP) is 3.58. The molecule has 1 aliphatic carbocycles. The summed E-state index contributed by atoms with van der Waals surface area (Å²) in [6.07, 6.45) is 1.32. The van der Waals surface area contributed by atoms with Crippen molar-refractivity contribution in [2.75, 3.05) is 0 Å². The zero-order valence-corrected chi connectivity index (χ0v) is 10.2. The van der Waals surface area contributed by atoms with Crippen molar-refractivity contribution in [1.82, 2.24) is 0 Å². The third kappa shape index (κ3) is 1.81. The molecule has 0 saturated heterocycles. The highest BCUT2D eigenvalue weighted by molar-refractivity contribution is 9.25. The molecule has 54 valence electrons. The Morgan fingerprint density at radius 3 is 1.67 bits per heavy atom. The fourth-order valence-corrected chi connectivity index (χ4v) is 8.72. The molecule has 0 unspecified atom stereocenters. The van der Waals surface area contributed by atoms with E-state index >= 15 is 0 Å². The number of rotatable bonds is 1. The molecule has 1 atom stereocenters. The van der Waals surface area contributed by atoms with Crippen LogP contribution in [0.4, 0.5) is 0 Å². The molecule has 1 fully saturated rings. The van der Waals surface area contributed by atoms with E-state index in [2.05, 4.69) is 51.5 Å². The molecule has 0 N–H and O–H groups in total. The van der Waals surface area contributed by atoms with E-state index in [1.807, 2.05) is 0 Å². The van der Waals surface area contributed by atoms with Crippen LogP contribution in [-0.2, 0) is 0 Å². The lowest BCUT2D eigenvalue weighted by molar-refractivity contribution is 1.32. The van der Waals surface area contributed by atoms with Crippen molar-refractivity contribution in [2.45, 2.75) is 34.8 Å². The smallest absolute Gasteiger partial charge is 0.0727 e. The Balaban J connectivity index is 2.52. The van der Waals surface area contributed by atoms with E-state index in [9.17, 15) is 0 Å². The zero-order chi connectivity index (χ0) is 7.28. The SMILES string of the molecule is C[Si](C)(C)[C@H]1CC1(Br)Br. The van der Waals surface area contributed by atoms with Crippen molar-refractivity contribution >= 4 is 39.9 Å². The fraction of sp³-hybridized carbons (Fsp3) is 1.00. The second-order valence-corrected chi connectivity index (χ2v) is 13.2. The lowest BCUT2D eigenvalue weighted by atomic mass is 11.0. The Kier molecular flexibility index (Phi) is 1.91. The summed E-state index contributed by atoms with van der Waals surface area (Å²) in [5.41, 5.74) is 0.935. The molecule has 0 bridgehead atoms. The van der Waals surface area contributed by atoms with Gasteiger partial charge in [-0.1, -0.05) is 51.5 Å². The molecule has 0 aliphatic heterocycles. The van der Waals surface area contributed by atoms with Gasteiger partial charge in [0.05, 0.1) is 11.3 Å². The van der Waals surface area contributed by atoms with Crippen LogP contribution in [0.1, 0.15) is 6.42 Å². The van der Waals surface area contributed by atoms with Crippen LogP contribution in [0.3, 0.4) is 0 Å². The highest BCUT2D eigenvalue weighted by Gasteiger charge is 2.56. The van der Waals surface area contributed by atoms with Gasteiger partial charge in [-0.05, 0) is 12.0 Å². The Morgan fingerprint density at radius 2 is 1.67 bits per heavy atom. The molecule has 1 rings (SSSR count). The minimum Gasteiger partial charge on any atom is -0.0727 e. The largest absolute Gasteiger partial charge is 0.0811 e. The van der Waals surface area contributed by atoms with Crippen LogP contribution in [0.5, 0.6) is 0 Å². The van der Waals surface area contributed by atoms with E-state index in [1.165, 1.54) is 6.42 Å². The summed E-state index contributed by atoms with van der Waals surface area (Å²) in [4.78, 5) is 0. The maximum atomic E-state index is 3.64. The summed E-state index contributed by atoms with van der Waals surface area (Å²) in [6, 6.07) is 0. The normalized spacial score (nSPS) is 32.3. The minimum atomic E-state index is -0.853. The molecule has 9 heavy (non-hydrogen) atoms. The predicted molar refractivity (Wildman–Crippen MR) is 52.3 cm³/mol. The van der Waals surface area contributed by atoms with Gasteiger partial charge in [0, 0.05) is 0 Å². The quantitative estimate of drug-likeness (QED) is 0.505. The summed E-state index contributed by atoms with van der Waals surface area (Å²) in [7, 11) is -0.853. The summed E-state index contributed by atoms with van der Waals surface area (Å²) in [5.74, 6) is 0. The van der Waals surface area contributed by atoms with Gasteiger partial charge in [0.15, 0.2) is 0 Å². The molecule has 0 radical (unpaired) electrons. The van der Waals surface area contributed by atoms with Crippen LogP contribution in [0, 0.1) is 0 Å². The Labute approximate surface area is 74.7 Å². The summed E-state index contributed by atoms with van der Waals surface area (Å²) in [6.45, 7) is 7.26. The fourth-order valence-electron chi connectivity index (χ4n) is 1.15. The topological polar surface area (TPSA) is 0 Å². The van der Waals surface area contributed by atoms with Crippen molar-refractivity contribution < 1.29 is 0 Å². The standard InChI is InChI=1S/C6H12Br2Si/c1-9(2,3)5-4-6(5,7)8/h5H,4H2,1-3H3/t5-/m0/s1. The van der Waals surface area contributed by atoms with Crippen molar-refractivity contribution in [1.29, 1.82) is 0 Å². The van der Waals surface area contributed by atoms with Gasteiger partial charge >= 0.3 is 0 Å².